The van der Waals surface area contributed by atoms with Crippen LogP contribution in [0.15, 0.2) is 30.3 Å². The van der Waals surface area contributed by atoms with Crippen LogP contribution in [0.4, 0.5) is 5.69 Å². The number of methoxy groups -OCH3 is 1. The Balaban J connectivity index is 2.72. The molecule has 1 atom stereocenters. The Morgan fingerprint density at radius 2 is 2.26 bits per heavy atom. The van der Waals surface area contributed by atoms with E-state index in [1.165, 1.54) is 13.2 Å². The van der Waals surface area contributed by atoms with Gasteiger partial charge in [0, 0.05) is 18.9 Å². The molecule has 0 saturated heterocycles. The van der Waals surface area contributed by atoms with E-state index in [0.717, 1.165) is 6.08 Å². The first-order valence-corrected chi connectivity index (χ1v) is 5.59. The van der Waals surface area contributed by atoms with Crippen molar-refractivity contribution in [3.05, 3.63) is 35.9 Å². The average molecular weight is 264 g/mol. The lowest BCUT2D eigenvalue weighted by Gasteiger charge is -2.11. The lowest BCUT2D eigenvalue weighted by Crippen LogP contribution is -2.39. The highest BCUT2D eigenvalue weighted by molar-refractivity contribution is 5.95. The molecule has 4 N–H and O–H groups in total. The van der Waals surface area contributed by atoms with Crippen molar-refractivity contribution in [2.45, 2.75) is 6.04 Å². The van der Waals surface area contributed by atoms with Gasteiger partial charge in [0.05, 0.1) is 6.61 Å². The van der Waals surface area contributed by atoms with E-state index in [2.05, 4.69) is 5.32 Å². The molecule has 0 radical (unpaired) electrons. The summed E-state index contributed by atoms with van der Waals surface area (Å²) < 4.78 is 4.79. The number of carboxylic acid groups (broad SMARTS) is 1. The summed E-state index contributed by atoms with van der Waals surface area (Å²) in [5.41, 5.74) is 6.80. The number of carbonyl (C=O) groups is 2. The van der Waals surface area contributed by atoms with E-state index in [-0.39, 0.29) is 12.5 Å². The van der Waals surface area contributed by atoms with Gasteiger partial charge in [0.15, 0.2) is 0 Å². The van der Waals surface area contributed by atoms with Crippen LogP contribution in [0.2, 0.25) is 0 Å². The molecule has 0 fully saturated rings. The number of amides is 1. The van der Waals surface area contributed by atoms with Crippen molar-refractivity contribution in [3.63, 3.8) is 0 Å². The van der Waals surface area contributed by atoms with Gasteiger partial charge in [-0.2, -0.15) is 0 Å². The van der Waals surface area contributed by atoms with Gasteiger partial charge in [-0.05, 0) is 23.8 Å². The molecule has 1 rings (SSSR count). The van der Waals surface area contributed by atoms with Crippen LogP contribution in [0.25, 0.3) is 6.08 Å². The van der Waals surface area contributed by atoms with Gasteiger partial charge in [0.1, 0.15) is 6.04 Å². The van der Waals surface area contributed by atoms with Crippen LogP contribution in [-0.2, 0) is 14.3 Å². The number of aliphatic carboxylic acids is 1. The van der Waals surface area contributed by atoms with Gasteiger partial charge in [-0.15, -0.1) is 0 Å². The first-order chi connectivity index (χ1) is 9.02. The predicted octanol–water partition coefficient (Wildman–Crippen LogP) is 0.697. The van der Waals surface area contributed by atoms with Crippen LogP contribution in [0.5, 0.6) is 0 Å². The van der Waals surface area contributed by atoms with E-state index >= 15 is 0 Å². The third-order valence-electron chi connectivity index (χ3n) is 2.26. The van der Waals surface area contributed by atoms with Gasteiger partial charge in [0.25, 0.3) is 0 Å². The molecule has 6 nitrogen and oxygen atoms in total. The highest BCUT2D eigenvalue weighted by Crippen LogP contribution is 2.12. The second-order valence-corrected chi connectivity index (χ2v) is 3.85. The minimum absolute atomic E-state index is 0.129. The minimum Gasteiger partial charge on any atom is -0.478 e. The molecule has 0 aliphatic carbocycles. The van der Waals surface area contributed by atoms with Gasteiger partial charge in [-0.1, -0.05) is 12.1 Å². The molecular weight excluding hydrogens is 248 g/mol. The number of anilines is 1. The highest BCUT2D eigenvalue weighted by atomic mass is 16.5. The van der Waals surface area contributed by atoms with Crippen molar-refractivity contribution < 1.29 is 19.4 Å². The highest BCUT2D eigenvalue weighted by Gasteiger charge is 2.12. The number of nitrogens with two attached hydrogens (primary N) is 1. The summed E-state index contributed by atoms with van der Waals surface area (Å²) in [6, 6.07) is 6.03. The summed E-state index contributed by atoms with van der Waals surface area (Å²) in [6.07, 6.45) is 2.46. The fraction of sp³-hybridized carbons (Fsp3) is 0.231. The molecule has 0 saturated carbocycles. The molecule has 6 heteroatoms. The molecule has 0 aromatic heterocycles. The monoisotopic (exact) mass is 264 g/mol. The molecule has 1 amide bonds. The molecule has 0 aliphatic heterocycles. The number of ether oxygens (including phenoxy) is 1. The number of hydrogen-bond donors (Lipinski definition) is 3. The van der Waals surface area contributed by atoms with E-state index in [0.29, 0.717) is 11.3 Å². The van der Waals surface area contributed by atoms with Crippen LogP contribution in [0.1, 0.15) is 5.56 Å². The summed E-state index contributed by atoms with van der Waals surface area (Å²) in [5, 5.41) is 11.2. The van der Waals surface area contributed by atoms with Crippen molar-refractivity contribution in [2.24, 2.45) is 5.73 Å². The van der Waals surface area contributed by atoms with Crippen molar-refractivity contribution in [1.29, 1.82) is 0 Å². The smallest absolute Gasteiger partial charge is 0.328 e. The maximum absolute atomic E-state index is 11.7. The van der Waals surface area contributed by atoms with Crippen LogP contribution >= 0.6 is 0 Å². The summed E-state index contributed by atoms with van der Waals surface area (Å²) in [7, 11) is 1.46. The normalized spacial score (nSPS) is 12.3. The summed E-state index contributed by atoms with van der Waals surface area (Å²) in [4.78, 5) is 22.1. The van der Waals surface area contributed by atoms with Gasteiger partial charge < -0.3 is 20.9 Å². The van der Waals surface area contributed by atoms with Crippen molar-refractivity contribution in [3.8, 4) is 0 Å². The standard InChI is InChI=1S/C13H16N2O4/c1-19-8-11(14)13(18)15-10-4-2-3-9(7-10)5-6-12(16)17/h2-7,11H,8,14H2,1H3,(H,15,18)(H,16,17)/b6-5+. The SMILES string of the molecule is COCC(N)C(=O)Nc1cccc(/C=C/C(=O)O)c1. The van der Waals surface area contributed by atoms with Crippen LogP contribution in [-0.4, -0.2) is 36.7 Å². The molecular formula is C13H16N2O4. The number of hydrogen-bond acceptors (Lipinski definition) is 4. The van der Waals surface area contributed by atoms with Gasteiger partial charge >= 0.3 is 5.97 Å². The second-order valence-electron chi connectivity index (χ2n) is 3.85. The van der Waals surface area contributed by atoms with E-state index in [1.54, 1.807) is 24.3 Å². The molecule has 102 valence electrons. The fourth-order valence-corrected chi connectivity index (χ4v) is 1.38. The first kappa shape index (κ1) is 14.9. The topological polar surface area (TPSA) is 102 Å². The lowest BCUT2D eigenvalue weighted by atomic mass is 10.2. The van der Waals surface area contributed by atoms with E-state index in [9.17, 15) is 9.59 Å². The number of nitrogens with one attached hydrogen (secondary N) is 1. The van der Waals surface area contributed by atoms with Gasteiger partial charge in [0.2, 0.25) is 5.91 Å². The summed E-state index contributed by atoms with van der Waals surface area (Å²) in [6.45, 7) is 0.129. The Morgan fingerprint density at radius 3 is 2.89 bits per heavy atom. The van der Waals surface area contributed by atoms with Crippen LogP contribution < -0.4 is 11.1 Å². The molecule has 0 spiro atoms. The average Bonchev–Trinajstić information content (AvgIpc) is 2.37. The molecule has 19 heavy (non-hydrogen) atoms. The van der Waals surface area contributed by atoms with E-state index < -0.39 is 12.0 Å². The molecule has 0 bridgehead atoms. The van der Waals surface area contributed by atoms with Crippen LogP contribution in [0.3, 0.4) is 0 Å². The molecule has 1 aromatic rings. The van der Waals surface area contributed by atoms with Gasteiger partial charge in [-0.3, -0.25) is 4.79 Å². The molecule has 0 aliphatic rings. The third kappa shape index (κ3) is 5.33. The lowest BCUT2D eigenvalue weighted by molar-refractivity contribution is -0.131. The maximum Gasteiger partial charge on any atom is 0.328 e. The minimum atomic E-state index is -1.03. The van der Waals surface area contributed by atoms with Gasteiger partial charge in [-0.25, -0.2) is 4.79 Å². The number of benzene rings is 1. The Labute approximate surface area is 110 Å². The van der Waals surface area contributed by atoms with E-state index in [1.807, 2.05) is 0 Å². The fourth-order valence-electron chi connectivity index (χ4n) is 1.38. The predicted molar refractivity (Wildman–Crippen MR) is 71.6 cm³/mol. The van der Waals surface area contributed by atoms with E-state index in [4.69, 9.17) is 15.6 Å². The quantitative estimate of drug-likeness (QED) is 0.656. The van der Waals surface area contributed by atoms with Crippen LogP contribution in [0, 0.1) is 0 Å². The molecule has 1 aromatic carbocycles. The summed E-state index contributed by atoms with van der Waals surface area (Å²) in [5.74, 6) is -1.39. The Bertz CT molecular complexity index is 485. The second kappa shape index (κ2) is 7.30. The number of carbonyl (C=O) groups excluding carboxylic acids is 1. The Morgan fingerprint density at radius 1 is 1.53 bits per heavy atom. The molecule has 0 heterocycles. The van der Waals surface area contributed by atoms with Crippen molar-refractivity contribution in [1.82, 2.24) is 0 Å². The maximum atomic E-state index is 11.7. The summed E-state index contributed by atoms with van der Waals surface area (Å²) >= 11 is 0. The Hall–Kier alpha value is -2.18. The zero-order chi connectivity index (χ0) is 14.3. The number of rotatable bonds is 6. The first-order valence-electron chi connectivity index (χ1n) is 5.59. The molecule has 1 unspecified atom stereocenters. The zero-order valence-corrected chi connectivity index (χ0v) is 10.5. The van der Waals surface area contributed by atoms with Crippen molar-refractivity contribution in [2.75, 3.05) is 19.0 Å². The number of carboxylic acids is 1. The van der Waals surface area contributed by atoms with Crippen molar-refractivity contribution >= 4 is 23.6 Å². The Kier molecular flexibility index (Phi) is 5.72. The third-order valence-corrected chi connectivity index (χ3v) is 2.26. The largest absolute Gasteiger partial charge is 0.478 e. The zero-order valence-electron chi connectivity index (χ0n) is 10.5.